The van der Waals surface area contributed by atoms with Gasteiger partial charge in [-0.1, -0.05) is 6.92 Å². The lowest BCUT2D eigenvalue weighted by Gasteiger charge is -1.91. The third-order valence-corrected chi connectivity index (χ3v) is 2.51. The Balaban J connectivity index is 2.06. The van der Waals surface area contributed by atoms with Crippen molar-refractivity contribution in [2.45, 2.75) is 19.3 Å². The highest BCUT2D eigenvalue weighted by Crippen LogP contribution is 2.47. The molecule has 0 N–H and O–H groups in total. The fraction of sp³-hybridized carbons (Fsp3) is 0.364. The summed E-state index contributed by atoms with van der Waals surface area (Å²) in [6.07, 6.45) is 3.54. The Hall–Kier alpha value is -1.51. The van der Waals surface area contributed by atoms with Gasteiger partial charge in [0.25, 0.3) is 0 Å². The Morgan fingerprint density at radius 1 is 1.64 bits per heavy atom. The highest BCUT2D eigenvalue weighted by Gasteiger charge is 2.36. The van der Waals surface area contributed by atoms with Crippen molar-refractivity contribution in [3.63, 3.8) is 0 Å². The number of hydrogen-bond donors (Lipinski definition) is 0. The minimum atomic E-state index is -1.21. The van der Waals surface area contributed by atoms with Crippen LogP contribution in [0.25, 0.3) is 6.08 Å². The molecule has 0 bridgehead atoms. The molecule has 14 heavy (non-hydrogen) atoms. The van der Waals surface area contributed by atoms with Crippen LogP contribution in [0.4, 0.5) is 0 Å². The number of carbonyl (C=O) groups is 1. The Morgan fingerprint density at radius 3 is 2.93 bits per heavy atom. The van der Waals surface area contributed by atoms with Crippen molar-refractivity contribution in [3.05, 3.63) is 29.7 Å². The fourth-order valence-electron chi connectivity index (χ4n) is 1.53. The molecule has 0 amide bonds. The van der Waals surface area contributed by atoms with Gasteiger partial charge in [0.1, 0.15) is 11.5 Å². The number of aliphatic carboxylic acids is 1. The maximum absolute atomic E-state index is 10.1. The first-order valence-electron chi connectivity index (χ1n) is 4.65. The van der Waals surface area contributed by atoms with E-state index in [0.29, 0.717) is 17.6 Å². The van der Waals surface area contributed by atoms with E-state index in [-0.39, 0.29) is 0 Å². The Labute approximate surface area is 82.0 Å². The van der Waals surface area contributed by atoms with E-state index in [1.165, 1.54) is 6.08 Å². The first-order chi connectivity index (χ1) is 6.66. The molecule has 0 spiro atoms. The van der Waals surface area contributed by atoms with Gasteiger partial charge >= 0.3 is 0 Å². The van der Waals surface area contributed by atoms with Crippen molar-refractivity contribution in [1.82, 2.24) is 0 Å². The molecule has 0 unspecified atom stereocenters. The number of carbonyl (C=O) groups excluding carboxylic acids is 1. The number of hydrogen-bond acceptors (Lipinski definition) is 3. The molecule has 0 radical (unpaired) electrons. The molecule has 0 aliphatic heterocycles. The highest BCUT2D eigenvalue weighted by atomic mass is 16.4. The lowest BCUT2D eigenvalue weighted by molar-refractivity contribution is -0.297. The highest BCUT2D eigenvalue weighted by molar-refractivity contribution is 5.82. The van der Waals surface area contributed by atoms with Crippen molar-refractivity contribution >= 4 is 12.0 Å². The predicted octanol–water partition coefficient (Wildman–Crippen LogP) is 1.17. The molecule has 74 valence electrons. The SMILES string of the molecule is C[C@@H]1C[C@@H]1c1ccc(/C=C/C(=O)[O-])o1. The molecule has 2 atom stereocenters. The van der Waals surface area contributed by atoms with Gasteiger partial charge < -0.3 is 14.3 Å². The van der Waals surface area contributed by atoms with E-state index in [1.807, 2.05) is 6.07 Å². The monoisotopic (exact) mass is 191 g/mol. The molecule has 1 aliphatic carbocycles. The number of furan rings is 1. The zero-order chi connectivity index (χ0) is 10.1. The van der Waals surface area contributed by atoms with Crippen LogP contribution in [0.3, 0.4) is 0 Å². The Kier molecular flexibility index (Phi) is 2.15. The van der Waals surface area contributed by atoms with Crippen molar-refractivity contribution in [2.75, 3.05) is 0 Å². The van der Waals surface area contributed by atoms with Gasteiger partial charge in [-0.2, -0.15) is 0 Å². The van der Waals surface area contributed by atoms with E-state index in [1.54, 1.807) is 6.07 Å². The second-order valence-electron chi connectivity index (χ2n) is 3.71. The molecule has 3 heteroatoms. The molecule has 0 aromatic carbocycles. The van der Waals surface area contributed by atoms with Crippen LogP contribution >= 0.6 is 0 Å². The van der Waals surface area contributed by atoms with Crippen molar-refractivity contribution in [2.24, 2.45) is 5.92 Å². The third kappa shape index (κ3) is 1.87. The van der Waals surface area contributed by atoms with Gasteiger partial charge in [-0.05, 0) is 36.6 Å². The fourth-order valence-corrected chi connectivity index (χ4v) is 1.53. The quantitative estimate of drug-likeness (QED) is 0.674. The summed E-state index contributed by atoms with van der Waals surface area (Å²) in [6, 6.07) is 3.68. The van der Waals surface area contributed by atoms with Crippen LogP contribution in [-0.2, 0) is 4.79 Å². The van der Waals surface area contributed by atoms with E-state index in [4.69, 9.17) is 4.42 Å². The maximum Gasteiger partial charge on any atom is 0.127 e. The molecule has 1 aliphatic rings. The van der Waals surface area contributed by atoms with E-state index < -0.39 is 5.97 Å². The van der Waals surface area contributed by atoms with E-state index in [2.05, 4.69) is 6.92 Å². The van der Waals surface area contributed by atoms with Crippen molar-refractivity contribution in [3.8, 4) is 0 Å². The topological polar surface area (TPSA) is 53.3 Å². The Morgan fingerprint density at radius 2 is 2.36 bits per heavy atom. The predicted molar refractivity (Wildman–Crippen MR) is 49.3 cm³/mol. The van der Waals surface area contributed by atoms with E-state index in [9.17, 15) is 9.90 Å². The molecule has 1 heterocycles. The van der Waals surface area contributed by atoms with Gasteiger partial charge in [-0.25, -0.2) is 0 Å². The van der Waals surface area contributed by atoms with Gasteiger partial charge in [0, 0.05) is 5.92 Å². The van der Waals surface area contributed by atoms with Crippen molar-refractivity contribution < 1.29 is 14.3 Å². The van der Waals surface area contributed by atoms with Gasteiger partial charge in [-0.15, -0.1) is 0 Å². The van der Waals surface area contributed by atoms with Gasteiger partial charge in [0.05, 0.1) is 5.97 Å². The van der Waals surface area contributed by atoms with Gasteiger partial charge in [0.15, 0.2) is 0 Å². The molecule has 1 saturated carbocycles. The second kappa shape index (κ2) is 3.33. The number of rotatable bonds is 3. The summed E-state index contributed by atoms with van der Waals surface area (Å²) in [7, 11) is 0. The standard InChI is InChI=1S/C11H12O3/c1-7-6-9(7)10-4-2-8(14-10)3-5-11(12)13/h2-5,7,9H,6H2,1H3,(H,12,13)/p-1/b5-3+/t7-,9+/m1/s1. The van der Waals surface area contributed by atoms with Crippen LogP contribution < -0.4 is 5.11 Å². The summed E-state index contributed by atoms with van der Waals surface area (Å²) >= 11 is 0. The van der Waals surface area contributed by atoms with Gasteiger partial charge in [-0.3, -0.25) is 0 Å². The molecule has 1 fully saturated rings. The van der Waals surface area contributed by atoms with Crippen LogP contribution in [0.1, 0.15) is 30.8 Å². The van der Waals surface area contributed by atoms with Gasteiger partial charge in [0.2, 0.25) is 0 Å². The Bertz CT molecular complexity index is 376. The zero-order valence-electron chi connectivity index (χ0n) is 7.90. The minimum absolute atomic E-state index is 0.528. The summed E-state index contributed by atoms with van der Waals surface area (Å²) in [6.45, 7) is 2.17. The number of carboxylic acid groups (broad SMARTS) is 1. The minimum Gasteiger partial charge on any atom is -0.545 e. The molecular weight excluding hydrogens is 180 g/mol. The van der Waals surface area contributed by atoms with Crippen molar-refractivity contribution in [1.29, 1.82) is 0 Å². The van der Waals surface area contributed by atoms with E-state index >= 15 is 0 Å². The van der Waals surface area contributed by atoms with Crippen LogP contribution in [-0.4, -0.2) is 5.97 Å². The summed E-state index contributed by atoms with van der Waals surface area (Å²) in [5, 5.41) is 10.1. The van der Waals surface area contributed by atoms with Crippen LogP contribution in [0, 0.1) is 5.92 Å². The zero-order valence-corrected chi connectivity index (χ0v) is 7.90. The van der Waals surface area contributed by atoms with Crippen LogP contribution in [0.2, 0.25) is 0 Å². The van der Waals surface area contributed by atoms with Crippen LogP contribution in [0.5, 0.6) is 0 Å². The summed E-state index contributed by atoms with van der Waals surface area (Å²) < 4.78 is 5.45. The first kappa shape index (κ1) is 9.06. The maximum atomic E-state index is 10.1. The summed E-state index contributed by atoms with van der Waals surface area (Å²) in [5.41, 5.74) is 0. The summed E-state index contributed by atoms with van der Waals surface area (Å²) in [5.74, 6) is 1.54. The summed E-state index contributed by atoms with van der Waals surface area (Å²) in [4.78, 5) is 10.1. The largest absolute Gasteiger partial charge is 0.545 e. The molecule has 3 nitrogen and oxygen atoms in total. The lowest BCUT2D eigenvalue weighted by atomic mass is 10.3. The normalized spacial score (nSPS) is 25.5. The molecule has 1 aromatic rings. The second-order valence-corrected chi connectivity index (χ2v) is 3.71. The van der Waals surface area contributed by atoms with E-state index in [0.717, 1.165) is 18.3 Å². The molecule has 2 rings (SSSR count). The molecular formula is C11H11O3-. The van der Waals surface area contributed by atoms with Crippen LogP contribution in [0.15, 0.2) is 22.6 Å². The average Bonchev–Trinajstić information content (AvgIpc) is 2.68. The molecule has 1 aromatic heterocycles. The first-order valence-corrected chi connectivity index (χ1v) is 4.65. The smallest absolute Gasteiger partial charge is 0.127 e. The lowest BCUT2D eigenvalue weighted by Crippen LogP contribution is -2.18. The third-order valence-electron chi connectivity index (χ3n) is 2.51. The number of carboxylic acids is 1. The molecule has 0 saturated heterocycles. The average molecular weight is 191 g/mol.